The van der Waals surface area contributed by atoms with Crippen molar-refractivity contribution in [2.45, 2.75) is 97.1 Å². The molecule has 5 nitrogen and oxygen atoms in total. The Balaban J connectivity index is 1.92. The van der Waals surface area contributed by atoms with Crippen LogP contribution in [0.15, 0.2) is 24.3 Å². The molecule has 1 saturated carbocycles. The van der Waals surface area contributed by atoms with Crippen molar-refractivity contribution < 1.29 is 14.3 Å². The monoisotopic (exact) mass is 442 g/mol. The van der Waals surface area contributed by atoms with Gasteiger partial charge in [0.15, 0.2) is 0 Å². The number of carbonyl (C=O) groups excluding carboxylic acids is 2. The molecule has 2 aliphatic rings. The van der Waals surface area contributed by atoms with Crippen molar-refractivity contribution in [3.63, 3.8) is 0 Å². The van der Waals surface area contributed by atoms with Crippen molar-refractivity contribution in [1.29, 1.82) is 0 Å². The third kappa shape index (κ3) is 6.49. The zero-order valence-corrected chi connectivity index (χ0v) is 20.4. The Morgan fingerprint density at radius 2 is 1.75 bits per heavy atom. The van der Waals surface area contributed by atoms with Crippen LogP contribution in [-0.2, 0) is 4.79 Å². The molecule has 1 aromatic carbocycles. The Morgan fingerprint density at radius 3 is 2.50 bits per heavy atom. The minimum absolute atomic E-state index is 0.0589. The standard InChI is InChI=1S/C27H42N2O3/c1-4-17-28-18-11-5-6-12-19-29(26(30)20-21(2)3)23-14-8-10-16-25(23)32-24-15-9-7-13-22(24)27(28)31/h7,9,13,15,21,23,25H,4-6,8,10-12,14,16-20H2,1-3H3/t23-,25+/m1/s1. The summed E-state index contributed by atoms with van der Waals surface area (Å²) >= 11 is 0. The van der Waals surface area contributed by atoms with E-state index in [0.29, 0.717) is 23.7 Å². The van der Waals surface area contributed by atoms with Gasteiger partial charge < -0.3 is 14.5 Å². The number of amides is 2. The number of hydrogen-bond acceptors (Lipinski definition) is 3. The first-order valence-electron chi connectivity index (χ1n) is 12.9. The van der Waals surface area contributed by atoms with Crippen LogP contribution in [0.1, 0.15) is 95.3 Å². The molecule has 1 aromatic rings. The van der Waals surface area contributed by atoms with Crippen molar-refractivity contribution in [3.8, 4) is 5.75 Å². The van der Waals surface area contributed by atoms with E-state index < -0.39 is 0 Å². The smallest absolute Gasteiger partial charge is 0.257 e. The molecule has 5 heteroatoms. The Morgan fingerprint density at radius 1 is 1.03 bits per heavy atom. The zero-order valence-electron chi connectivity index (χ0n) is 20.4. The molecular formula is C27H42N2O3. The Hall–Kier alpha value is -2.04. The van der Waals surface area contributed by atoms with E-state index in [1.807, 2.05) is 29.2 Å². The van der Waals surface area contributed by atoms with E-state index in [1.54, 1.807) is 0 Å². The van der Waals surface area contributed by atoms with Gasteiger partial charge in [0.2, 0.25) is 5.91 Å². The summed E-state index contributed by atoms with van der Waals surface area (Å²) in [7, 11) is 0. The molecule has 3 rings (SSSR count). The molecule has 0 radical (unpaired) electrons. The van der Waals surface area contributed by atoms with Crippen LogP contribution in [0.5, 0.6) is 5.75 Å². The number of para-hydroxylation sites is 1. The molecule has 1 aliphatic heterocycles. The van der Waals surface area contributed by atoms with Crippen LogP contribution in [0.4, 0.5) is 0 Å². The minimum atomic E-state index is -0.0589. The SMILES string of the molecule is CCCN1CCCCCCN(C(=O)CC(C)C)[C@@H]2CCCC[C@@H]2Oc2ccccc2C1=O. The topological polar surface area (TPSA) is 49.9 Å². The normalized spacial score (nSPS) is 23.2. The predicted molar refractivity (Wildman–Crippen MR) is 129 cm³/mol. The molecular weight excluding hydrogens is 400 g/mol. The van der Waals surface area contributed by atoms with Crippen molar-refractivity contribution in [2.75, 3.05) is 19.6 Å². The van der Waals surface area contributed by atoms with Gasteiger partial charge >= 0.3 is 0 Å². The number of hydrogen-bond donors (Lipinski definition) is 0. The molecule has 2 atom stereocenters. The van der Waals surface area contributed by atoms with E-state index in [1.165, 1.54) is 0 Å². The predicted octanol–water partition coefficient (Wildman–Crippen LogP) is 5.68. The fourth-order valence-electron chi connectivity index (χ4n) is 5.12. The summed E-state index contributed by atoms with van der Waals surface area (Å²) in [5, 5.41) is 0. The third-order valence-electron chi connectivity index (χ3n) is 6.72. The van der Waals surface area contributed by atoms with Gasteiger partial charge in [-0.25, -0.2) is 0 Å². The molecule has 0 spiro atoms. The lowest BCUT2D eigenvalue weighted by molar-refractivity contribution is -0.137. The van der Waals surface area contributed by atoms with Crippen molar-refractivity contribution in [1.82, 2.24) is 9.80 Å². The van der Waals surface area contributed by atoms with E-state index in [4.69, 9.17) is 4.74 Å². The molecule has 0 aromatic heterocycles. The second-order valence-electron chi connectivity index (χ2n) is 9.90. The summed E-state index contributed by atoms with van der Waals surface area (Å²) in [4.78, 5) is 30.8. The summed E-state index contributed by atoms with van der Waals surface area (Å²) in [5.41, 5.74) is 0.655. The van der Waals surface area contributed by atoms with Gasteiger partial charge in [-0.05, 0) is 56.6 Å². The minimum Gasteiger partial charge on any atom is -0.487 e. The van der Waals surface area contributed by atoms with Gasteiger partial charge in [0.05, 0.1) is 11.6 Å². The van der Waals surface area contributed by atoms with Crippen LogP contribution in [0.2, 0.25) is 0 Å². The highest BCUT2D eigenvalue weighted by Crippen LogP contribution is 2.31. The van der Waals surface area contributed by atoms with Crippen LogP contribution in [-0.4, -0.2) is 53.4 Å². The Kier molecular flexibility index (Phi) is 9.43. The molecule has 0 N–H and O–H groups in total. The van der Waals surface area contributed by atoms with E-state index in [0.717, 1.165) is 77.4 Å². The van der Waals surface area contributed by atoms with Crippen LogP contribution < -0.4 is 4.74 Å². The van der Waals surface area contributed by atoms with Crippen molar-refractivity contribution in [2.24, 2.45) is 5.92 Å². The number of nitrogens with zero attached hydrogens (tertiary/aromatic N) is 2. The lowest BCUT2D eigenvalue weighted by Gasteiger charge is -2.40. The lowest BCUT2D eigenvalue weighted by atomic mass is 9.90. The fraction of sp³-hybridized carbons (Fsp3) is 0.704. The average molecular weight is 443 g/mol. The van der Waals surface area contributed by atoms with Gasteiger partial charge in [0.1, 0.15) is 11.9 Å². The largest absolute Gasteiger partial charge is 0.487 e. The second kappa shape index (κ2) is 12.3. The van der Waals surface area contributed by atoms with Gasteiger partial charge in [-0.1, -0.05) is 52.2 Å². The van der Waals surface area contributed by atoms with Gasteiger partial charge in [0.25, 0.3) is 5.91 Å². The molecule has 1 heterocycles. The third-order valence-corrected chi connectivity index (χ3v) is 6.72. The van der Waals surface area contributed by atoms with E-state index in [9.17, 15) is 9.59 Å². The lowest BCUT2D eigenvalue weighted by Crippen LogP contribution is -2.51. The van der Waals surface area contributed by atoms with Crippen LogP contribution in [0.3, 0.4) is 0 Å². The van der Waals surface area contributed by atoms with Crippen molar-refractivity contribution in [3.05, 3.63) is 29.8 Å². The van der Waals surface area contributed by atoms with Crippen molar-refractivity contribution >= 4 is 11.8 Å². The second-order valence-corrected chi connectivity index (χ2v) is 9.90. The number of benzene rings is 1. The number of fused-ring (bicyclic) bond motifs is 2. The number of carbonyl (C=O) groups is 2. The first-order chi connectivity index (χ1) is 15.5. The molecule has 2 amide bonds. The first kappa shape index (κ1) is 24.6. The highest BCUT2D eigenvalue weighted by atomic mass is 16.5. The summed E-state index contributed by atoms with van der Waals surface area (Å²) in [6.45, 7) is 8.72. The average Bonchev–Trinajstić information content (AvgIpc) is 2.77. The van der Waals surface area contributed by atoms with Crippen LogP contribution in [0.25, 0.3) is 0 Å². The maximum Gasteiger partial charge on any atom is 0.257 e. The van der Waals surface area contributed by atoms with Gasteiger partial charge in [0, 0.05) is 26.1 Å². The highest BCUT2D eigenvalue weighted by molar-refractivity contribution is 5.97. The quantitative estimate of drug-likeness (QED) is 0.603. The maximum atomic E-state index is 13.4. The molecule has 32 heavy (non-hydrogen) atoms. The molecule has 0 saturated heterocycles. The number of rotatable bonds is 4. The molecule has 1 fully saturated rings. The molecule has 1 aliphatic carbocycles. The van der Waals surface area contributed by atoms with Gasteiger partial charge in [-0.2, -0.15) is 0 Å². The summed E-state index contributed by atoms with van der Waals surface area (Å²) in [6, 6.07) is 7.78. The zero-order chi connectivity index (χ0) is 22.9. The van der Waals surface area contributed by atoms with Gasteiger partial charge in [-0.15, -0.1) is 0 Å². The highest BCUT2D eigenvalue weighted by Gasteiger charge is 2.35. The fourth-order valence-corrected chi connectivity index (χ4v) is 5.12. The summed E-state index contributed by atoms with van der Waals surface area (Å²) in [5.74, 6) is 1.34. The van der Waals surface area contributed by atoms with Crippen LogP contribution in [0, 0.1) is 5.92 Å². The summed E-state index contributed by atoms with van der Waals surface area (Å²) < 4.78 is 6.59. The van der Waals surface area contributed by atoms with E-state index in [2.05, 4.69) is 25.7 Å². The Bertz CT molecular complexity index is 748. The molecule has 0 unspecified atom stereocenters. The molecule has 0 bridgehead atoms. The maximum absolute atomic E-state index is 13.4. The summed E-state index contributed by atoms with van der Waals surface area (Å²) in [6.07, 6.45) is 9.82. The molecule has 178 valence electrons. The number of ether oxygens (including phenoxy) is 1. The Labute approximate surface area is 194 Å². The van der Waals surface area contributed by atoms with E-state index >= 15 is 0 Å². The first-order valence-corrected chi connectivity index (χ1v) is 12.9. The van der Waals surface area contributed by atoms with Gasteiger partial charge in [-0.3, -0.25) is 9.59 Å². The van der Waals surface area contributed by atoms with E-state index in [-0.39, 0.29) is 24.0 Å². The van der Waals surface area contributed by atoms with Crippen LogP contribution >= 0.6 is 0 Å².